The molecule has 23 nitrogen and oxygen atoms in total. The molecular weight excluding hydrogens is 1770 g/mol. The molecule has 0 bridgehead atoms. The summed E-state index contributed by atoms with van der Waals surface area (Å²) in [5.74, 6) is -5.29. The van der Waals surface area contributed by atoms with E-state index in [0.717, 1.165) is 61.9 Å². The van der Waals surface area contributed by atoms with Crippen molar-refractivity contribution in [3.05, 3.63) is 306 Å². The third-order valence-corrected chi connectivity index (χ3v) is 22.5. The summed E-state index contributed by atoms with van der Waals surface area (Å²) in [6.45, 7) is 27.8. The van der Waals surface area contributed by atoms with E-state index in [0.29, 0.717) is 82.1 Å². The molecule has 12 aromatic rings. The van der Waals surface area contributed by atoms with Crippen molar-refractivity contribution in [2.45, 2.75) is 246 Å². The Morgan fingerprint density at radius 1 is 0.401 bits per heavy atom. The summed E-state index contributed by atoms with van der Waals surface area (Å²) in [6, 6.07) is 75.4. The Morgan fingerprint density at radius 2 is 0.679 bits per heavy atom. The number of rotatable bonds is 34. The second-order valence-electron chi connectivity index (χ2n) is 37.2. The molecule has 1 fully saturated rings. The van der Waals surface area contributed by atoms with E-state index in [1.54, 1.807) is 69.3 Å². The van der Waals surface area contributed by atoms with E-state index in [2.05, 4.69) is 34.4 Å². The minimum atomic E-state index is -1.39. The first-order valence-corrected chi connectivity index (χ1v) is 45.7. The van der Waals surface area contributed by atoms with Crippen molar-refractivity contribution in [3.8, 4) is 67.2 Å². The number of halogens is 3. The quantitative estimate of drug-likeness (QED) is 0.0145. The summed E-state index contributed by atoms with van der Waals surface area (Å²) >= 11 is 0. The number of benzene rings is 9. The van der Waals surface area contributed by atoms with Crippen LogP contribution in [0.2, 0.25) is 0 Å². The molecule has 722 valence electrons. The van der Waals surface area contributed by atoms with Gasteiger partial charge in [-0.15, -0.1) is 0 Å². The van der Waals surface area contributed by atoms with Crippen LogP contribution in [0.25, 0.3) is 67.2 Å². The molecule has 0 aliphatic carbocycles. The van der Waals surface area contributed by atoms with Gasteiger partial charge in [-0.3, -0.25) is 24.0 Å². The van der Waals surface area contributed by atoms with Crippen molar-refractivity contribution in [1.82, 2.24) is 13.7 Å². The minimum absolute atomic E-state index is 0. The Morgan fingerprint density at radius 3 is 0.971 bits per heavy atom. The van der Waals surface area contributed by atoms with E-state index >= 15 is 0 Å². The zero-order valence-corrected chi connectivity index (χ0v) is 82.5. The average molecular weight is 1900 g/mol. The zero-order valence-electron chi connectivity index (χ0n) is 80.3. The standard InChI is InChI=1S/C40H47FN2O5.C37H43FN2O5.C33H35FN2O5.Ca.2H2O/c1-26(2)36-35(38(45)42-30-16-12-9-13-17-30)34(27-14-10-8-11-15-27)37(28-18-20-29(41)21-19-28)43(36)23-22-31-24-32(47-40(6,7)46-31)25-33(44)48-39(3,4)5;1-24(2)34-33(36(44)39-28-14-10-7-11-15-28)32(25-12-8-6-9-13-25)35(26-16-18-27(38)19-17-26)40(34)21-20-29(41)22-30(42)23-31(43)45-37(3,4)5;1-21(2)31-30(33(41)35-25-11-7-4-8-12-25)29(22-9-5-3-6-10-22)32(23-13-15-24(34)16-14-23)36(31)18-17-26(37)19-27(38)20-28(39)40;;;/h8-21,26,31-32H,22-25H2,1-7H3,(H,42,45);6-19,24,29-30,41-42H,20-23H2,1-5H3,(H,39,44);3-16,21,26-27,37-38H,17-20H2,1-2H3,(H,35,41)(H,39,40);;2*1H2/q;;;+2;;/p-3/t31-,32-;29-,30-;26-,27-;;;/m111.../s1. The first-order chi connectivity index (χ1) is 63.7. The van der Waals surface area contributed by atoms with Gasteiger partial charge in [0.15, 0.2) is 5.79 Å². The van der Waals surface area contributed by atoms with Gasteiger partial charge in [0.1, 0.15) is 28.7 Å². The Bertz CT molecular complexity index is 5910. The number of para-hydroxylation sites is 3. The van der Waals surface area contributed by atoms with Crippen LogP contribution in [-0.4, -0.2) is 172 Å². The number of carboxylic acid groups (broad SMARTS) is 1. The van der Waals surface area contributed by atoms with Gasteiger partial charge in [0.25, 0.3) is 17.7 Å². The fraction of sp³-hybridized carbons (Fsp3) is 0.345. The number of nitrogens with one attached hydrogen (secondary N) is 3. The molecule has 0 saturated carbocycles. The fourth-order valence-electron chi connectivity index (χ4n) is 17.3. The number of ether oxygens (including phenoxy) is 4. The molecule has 4 heterocycles. The Balaban J connectivity index is 0.000000250. The van der Waals surface area contributed by atoms with Crippen molar-refractivity contribution in [3.63, 3.8) is 0 Å². The molecule has 9 N–H and O–H groups in total. The number of esters is 2. The van der Waals surface area contributed by atoms with E-state index in [1.807, 2.05) is 241 Å². The maximum absolute atomic E-state index is 14.4. The predicted molar refractivity (Wildman–Crippen MR) is 527 cm³/mol. The Labute approximate surface area is 830 Å². The van der Waals surface area contributed by atoms with Gasteiger partial charge in [0.05, 0.1) is 83.2 Å². The molecule has 137 heavy (non-hydrogen) atoms. The third kappa shape index (κ3) is 30.9. The van der Waals surface area contributed by atoms with Crippen molar-refractivity contribution >= 4 is 90.4 Å². The first-order valence-electron chi connectivity index (χ1n) is 45.7. The Hall–Kier alpha value is -11.6. The first kappa shape index (κ1) is 111. The fourth-order valence-corrected chi connectivity index (χ4v) is 17.3. The molecule has 9 aromatic carbocycles. The SMILES string of the molecule is CC(C)c1c(C(=O)Nc2ccccc2)c(-c2ccccc2)c(-c2ccc(F)cc2)n1CC[C@@H](O)C[C@@H](O)CC(=O)OC(C)(C)C.CC(C)c1c(C(=O)Nc2ccccc2)c(-c2ccccc2)c(-c2ccc(F)cc2)n1CC[C@@H](O)C[C@@H](O)CC(=O)[O-].CC(C)c1c(C(=O)Nc2ccccc2)c(-c2ccccc2)c(-c2ccc(F)cc2)n1CC[C@@H]1C[C@H](CC(=O)OC(C)(C)C)OC(C)(C)O1.[Ca+2].[OH-].[OH-]. The maximum Gasteiger partial charge on any atom is 2.00 e. The predicted octanol–water partition coefficient (Wildman–Crippen LogP) is 21.2. The molecule has 3 amide bonds. The monoisotopic (exact) mass is 1900 g/mol. The van der Waals surface area contributed by atoms with Crippen LogP contribution in [0.4, 0.5) is 30.2 Å². The number of aliphatic hydroxyl groups is 4. The summed E-state index contributed by atoms with van der Waals surface area (Å²) in [4.78, 5) is 78.4. The number of aliphatic hydroxyl groups excluding tert-OH is 4. The molecule has 27 heteroatoms. The minimum Gasteiger partial charge on any atom is -0.870 e. The summed E-state index contributed by atoms with van der Waals surface area (Å²) in [7, 11) is 0. The van der Waals surface area contributed by atoms with Crippen molar-refractivity contribution in [1.29, 1.82) is 0 Å². The normalized spacial score (nSPS) is 14.3. The van der Waals surface area contributed by atoms with Crippen molar-refractivity contribution in [2.24, 2.45) is 0 Å². The van der Waals surface area contributed by atoms with Gasteiger partial charge in [0, 0.05) is 89.3 Å². The smallest absolute Gasteiger partial charge is 0.870 e. The second-order valence-corrected chi connectivity index (χ2v) is 37.2. The maximum atomic E-state index is 14.4. The number of carboxylic acids is 1. The molecule has 6 atom stereocenters. The molecule has 0 radical (unpaired) electrons. The number of aliphatic carboxylic acids is 1. The van der Waals surface area contributed by atoms with Gasteiger partial charge >= 0.3 is 49.7 Å². The number of anilines is 3. The van der Waals surface area contributed by atoms with Gasteiger partial charge in [-0.2, -0.15) is 0 Å². The van der Waals surface area contributed by atoms with Crippen LogP contribution >= 0.6 is 0 Å². The van der Waals surface area contributed by atoms with E-state index in [9.17, 15) is 67.5 Å². The van der Waals surface area contributed by atoms with Crippen molar-refractivity contribution < 1.29 is 97.4 Å². The summed E-state index contributed by atoms with van der Waals surface area (Å²) in [5.41, 5.74) is 13.8. The molecule has 13 rings (SSSR count). The van der Waals surface area contributed by atoms with E-state index in [1.165, 1.54) is 36.4 Å². The van der Waals surface area contributed by atoms with Crippen LogP contribution < -0.4 is 21.1 Å². The number of aromatic nitrogens is 3. The van der Waals surface area contributed by atoms with E-state index in [-0.39, 0.29) is 159 Å². The van der Waals surface area contributed by atoms with Gasteiger partial charge < -0.3 is 89.9 Å². The van der Waals surface area contributed by atoms with Crippen LogP contribution in [0.5, 0.6) is 0 Å². The van der Waals surface area contributed by atoms with Crippen molar-refractivity contribution in [2.75, 3.05) is 16.0 Å². The van der Waals surface area contributed by atoms with Crippen LogP contribution in [0.1, 0.15) is 221 Å². The van der Waals surface area contributed by atoms with Gasteiger partial charge in [-0.1, -0.05) is 187 Å². The second kappa shape index (κ2) is 50.6. The summed E-state index contributed by atoms with van der Waals surface area (Å²) in [6.07, 6.45) is -4.15. The number of nitrogens with zero attached hydrogens (tertiary/aromatic N) is 3. The summed E-state index contributed by atoms with van der Waals surface area (Å²) < 4.78 is 72.0. The van der Waals surface area contributed by atoms with E-state index < -0.39 is 65.6 Å². The molecule has 1 aliphatic heterocycles. The van der Waals surface area contributed by atoms with Crippen LogP contribution in [0.3, 0.4) is 0 Å². The molecule has 0 spiro atoms. The van der Waals surface area contributed by atoms with Gasteiger partial charge in [-0.05, 0) is 248 Å². The van der Waals surface area contributed by atoms with Crippen LogP contribution in [0.15, 0.2) is 255 Å². The molecule has 1 aliphatic rings. The third-order valence-electron chi connectivity index (χ3n) is 22.5. The molecule has 0 unspecified atom stereocenters. The zero-order chi connectivity index (χ0) is 96.9. The largest absolute Gasteiger partial charge is 2.00 e. The average Bonchev–Trinajstić information content (AvgIpc) is 1.60. The van der Waals surface area contributed by atoms with Crippen LogP contribution in [-0.2, 0) is 53.0 Å². The van der Waals surface area contributed by atoms with E-state index in [4.69, 9.17) is 18.9 Å². The molecular formula is C110H126CaF3N6O17-. The number of amides is 3. The van der Waals surface area contributed by atoms with Crippen LogP contribution in [0, 0.1) is 17.5 Å². The molecule has 3 aromatic heterocycles. The number of carbonyl (C=O) groups is 6. The number of carbonyl (C=O) groups excluding carboxylic acids is 6. The summed E-state index contributed by atoms with van der Waals surface area (Å²) in [5, 5.41) is 62.3. The molecule has 1 saturated heterocycles. The Kier molecular flexibility index (Phi) is 40.9. The van der Waals surface area contributed by atoms with Gasteiger partial charge in [0.2, 0.25) is 0 Å². The topological polar surface area (TPSA) is 354 Å². The number of hydrogen-bond donors (Lipinski definition) is 7. The van der Waals surface area contributed by atoms with Gasteiger partial charge in [-0.25, -0.2) is 13.2 Å². The number of hydrogen-bond acceptors (Lipinski definition) is 17.